The van der Waals surface area contributed by atoms with Crippen molar-refractivity contribution in [3.05, 3.63) is 65.0 Å². The van der Waals surface area contributed by atoms with Crippen LogP contribution in [0.15, 0.2) is 42.6 Å². The van der Waals surface area contributed by atoms with Gasteiger partial charge in [0.15, 0.2) is 0 Å². The van der Waals surface area contributed by atoms with Crippen LogP contribution in [0.1, 0.15) is 82.8 Å². The zero-order chi connectivity index (χ0) is 29.0. The quantitative estimate of drug-likeness (QED) is 0.468. The number of nitrogens with zero attached hydrogens (tertiary/aromatic N) is 2. The van der Waals surface area contributed by atoms with Gasteiger partial charge in [0.2, 0.25) is 5.91 Å². The Morgan fingerprint density at radius 1 is 1.02 bits per heavy atom. The van der Waals surface area contributed by atoms with E-state index in [1.807, 2.05) is 17.0 Å². The highest BCUT2D eigenvalue weighted by Crippen LogP contribution is 2.41. The highest BCUT2D eigenvalue weighted by atomic mass is 19.4. The van der Waals surface area contributed by atoms with Gasteiger partial charge < -0.3 is 20.9 Å². The van der Waals surface area contributed by atoms with Gasteiger partial charge in [0, 0.05) is 43.0 Å². The summed E-state index contributed by atoms with van der Waals surface area (Å²) in [6.07, 6.45) is 3.64. The molecule has 5 rings (SSSR count). The number of aromatic nitrogens is 1. The number of alkyl halides is 3. The Kier molecular flexibility index (Phi) is 8.63. The molecule has 3 heterocycles. The van der Waals surface area contributed by atoms with Crippen LogP contribution in [0.5, 0.6) is 0 Å². The monoisotopic (exact) mass is 571 g/mol. The van der Waals surface area contributed by atoms with Gasteiger partial charge in [-0.25, -0.2) is 0 Å². The molecule has 0 radical (unpaired) electrons. The minimum absolute atomic E-state index is 0.0442. The summed E-state index contributed by atoms with van der Waals surface area (Å²) in [6.45, 7) is 2.69. The van der Waals surface area contributed by atoms with Crippen LogP contribution < -0.4 is 16.0 Å². The Morgan fingerprint density at radius 3 is 2.41 bits per heavy atom. The van der Waals surface area contributed by atoms with E-state index in [0.29, 0.717) is 12.1 Å². The third kappa shape index (κ3) is 6.72. The number of likely N-dealkylation sites (tertiary alicyclic amines) is 1. The lowest BCUT2D eigenvalue weighted by Gasteiger charge is -2.41. The Balaban J connectivity index is 1.14. The molecule has 2 aliphatic heterocycles. The highest BCUT2D eigenvalue weighted by Gasteiger charge is 2.44. The van der Waals surface area contributed by atoms with Crippen LogP contribution in [-0.4, -0.2) is 65.9 Å². The number of pyridine rings is 1. The fourth-order valence-corrected chi connectivity index (χ4v) is 6.51. The minimum atomic E-state index is -4.56. The molecule has 0 spiro atoms. The van der Waals surface area contributed by atoms with Crippen molar-refractivity contribution in [1.82, 2.24) is 25.8 Å². The van der Waals surface area contributed by atoms with Gasteiger partial charge in [0.25, 0.3) is 11.8 Å². The Bertz CT molecular complexity index is 1250. The van der Waals surface area contributed by atoms with Crippen LogP contribution in [0, 0.1) is 5.92 Å². The molecule has 1 aliphatic carbocycles. The van der Waals surface area contributed by atoms with Crippen LogP contribution in [0.25, 0.3) is 0 Å². The summed E-state index contributed by atoms with van der Waals surface area (Å²) in [5.41, 5.74) is 0.111. The maximum Gasteiger partial charge on any atom is 0.416 e. The first-order valence-corrected chi connectivity index (χ1v) is 14.4. The van der Waals surface area contributed by atoms with Crippen LogP contribution in [0.2, 0.25) is 0 Å². The summed E-state index contributed by atoms with van der Waals surface area (Å²) in [7, 11) is 0. The Morgan fingerprint density at radius 2 is 1.78 bits per heavy atom. The van der Waals surface area contributed by atoms with Crippen LogP contribution in [0.3, 0.4) is 0 Å². The number of nitrogens with one attached hydrogen (secondary N) is 3. The molecule has 1 saturated carbocycles. The summed E-state index contributed by atoms with van der Waals surface area (Å²) in [4.78, 5) is 44.5. The molecule has 2 saturated heterocycles. The lowest BCUT2D eigenvalue weighted by Crippen LogP contribution is -2.57. The maximum atomic E-state index is 13.0. The summed E-state index contributed by atoms with van der Waals surface area (Å²) in [5, 5.41) is 8.96. The Hall–Kier alpha value is -3.47. The van der Waals surface area contributed by atoms with Crippen LogP contribution in [-0.2, 0) is 11.0 Å². The Labute approximate surface area is 237 Å². The predicted octanol–water partition coefficient (Wildman–Crippen LogP) is 3.89. The van der Waals surface area contributed by atoms with Crippen LogP contribution >= 0.6 is 0 Å². The van der Waals surface area contributed by atoms with E-state index in [-0.39, 0.29) is 35.8 Å². The fraction of sp³-hybridized carbons (Fsp3) is 0.533. The number of hydrogen-bond acceptors (Lipinski definition) is 5. The summed E-state index contributed by atoms with van der Waals surface area (Å²) in [6, 6.07) is 7.99. The SMILES string of the molecule is O=C(CNC(=O)c1cccc(C(F)(F)F)c1)N[C@@]1(C2CCC(c3ccc(C(=O)N4CCCC4)cn3)CC2)CCNC1. The molecule has 0 unspecified atom stereocenters. The number of carbonyl (C=O) groups excluding carboxylic acids is 3. The molecular formula is C30H36F3N5O3. The van der Waals surface area contributed by atoms with Crippen molar-refractivity contribution in [2.24, 2.45) is 5.92 Å². The first-order valence-electron chi connectivity index (χ1n) is 14.4. The van der Waals surface area contributed by atoms with Crippen molar-refractivity contribution in [3.63, 3.8) is 0 Å². The molecule has 41 heavy (non-hydrogen) atoms. The number of halogens is 3. The van der Waals surface area contributed by atoms with Crippen molar-refractivity contribution in [2.45, 2.75) is 62.6 Å². The standard InChI is InChI=1S/C30H36F3N5O3/c31-30(32,33)24-5-3-4-21(16-24)27(40)36-18-26(39)37-29(12-13-34-19-29)23-9-6-20(7-10-23)25-11-8-22(17-35-25)28(41)38-14-1-2-15-38/h3-5,8,11,16-17,20,23,34H,1-2,6-7,9-10,12-15,18-19H2,(H,36,40)(H,37,39)/t20?,23?,29-/m0/s1. The highest BCUT2D eigenvalue weighted by molar-refractivity contribution is 5.96. The van der Waals surface area contributed by atoms with Gasteiger partial charge in [-0.15, -0.1) is 0 Å². The van der Waals surface area contributed by atoms with Gasteiger partial charge in [-0.3, -0.25) is 19.4 Å². The molecule has 3 amide bonds. The molecule has 11 heteroatoms. The maximum absolute atomic E-state index is 13.0. The second-order valence-electron chi connectivity index (χ2n) is 11.4. The average Bonchev–Trinajstić information content (AvgIpc) is 3.69. The van der Waals surface area contributed by atoms with Gasteiger partial charge in [-0.1, -0.05) is 6.07 Å². The first-order chi connectivity index (χ1) is 19.6. The number of rotatable bonds is 7. The van der Waals surface area contributed by atoms with Gasteiger partial charge in [-0.2, -0.15) is 13.2 Å². The summed E-state index contributed by atoms with van der Waals surface area (Å²) in [5.74, 6) is -0.520. The zero-order valence-electron chi connectivity index (χ0n) is 22.9. The predicted molar refractivity (Wildman–Crippen MR) is 146 cm³/mol. The van der Waals surface area contributed by atoms with E-state index in [0.717, 1.165) is 82.4 Å². The molecule has 1 aromatic heterocycles. The van der Waals surface area contributed by atoms with E-state index in [1.165, 1.54) is 12.1 Å². The number of carbonyl (C=O) groups is 3. The molecule has 1 atom stereocenters. The number of benzene rings is 1. The van der Waals surface area contributed by atoms with E-state index >= 15 is 0 Å². The fourth-order valence-electron chi connectivity index (χ4n) is 6.51. The molecule has 8 nitrogen and oxygen atoms in total. The number of amides is 3. The molecular weight excluding hydrogens is 535 g/mol. The average molecular weight is 572 g/mol. The third-order valence-electron chi connectivity index (χ3n) is 8.79. The van der Waals surface area contributed by atoms with Crippen molar-refractivity contribution in [2.75, 3.05) is 32.7 Å². The molecule has 3 N–H and O–H groups in total. The van der Waals surface area contributed by atoms with Gasteiger partial charge in [0.05, 0.1) is 23.2 Å². The second-order valence-corrected chi connectivity index (χ2v) is 11.4. The second kappa shape index (κ2) is 12.2. The molecule has 3 aliphatic rings. The first kappa shape index (κ1) is 29.0. The lowest BCUT2D eigenvalue weighted by atomic mass is 9.70. The number of hydrogen-bond donors (Lipinski definition) is 3. The molecule has 1 aromatic carbocycles. The van der Waals surface area contributed by atoms with E-state index in [4.69, 9.17) is 0 Å². The van der Waals surface area contributed by atoms with Gasteiger partial charge in [-0.05, 0) is 87.7 Å². The van der Waals surface area contributed by atoms with E-state index in [9.17, 15) is 27.6 Å². The van der Waals surface area contributed by atoms with Crippen molar-refractivity contribution in [3.8, 4) is 0 Å². The smallest absolute Gasteiger partial charge is 0.348 e. The minimum Gasteiger partial charge on any atom is -0.348 e. The van der Waals surface area contributed by atoms with Crippen molar-refractivity contribution >= 4 is 17.7 Å². The van der Waals surface area contributed by atoms with E-state index < -0.39 is 23.2 Å². The van der Waals surface area contributed by atoms with Crippen LogP contribution in [0.4, 0.5) is 13.2 Å². The largest absolute Gasteiger partial charge is 0.416 e. The van der Waals surface area contributed by atoms with Gasteiger partial charge in [0.1, 0.15) is 0 Å². The summed E-state index contributed by atoms with van der Waals surface area (Å²) < 4.78 is 39.0. The normalized spacial score (nSPS) is 24.7. The topological polar surface area (TPSA) is 103 Å². The van der Waals surface area contributed by atoms with Crippen molar-refractivity contribution < 1.29 is 27.6 Å². The molecule has 0 bridgehead atoms. The molecule has 2 aromatic rings. The third-order valence-corrected chi connectivity index (χ3v) is 8.79. The van der Waals surface area contributed by atoms with Gasteiger partial charge >= 0.3 is 6.18 Å². The summed E-state index contributed by atoms with van der Waals surface area (Å²) >= 11 is 0. The zero-order valence-corrected chi connectivity index (χ0v) is 22.9. The molecule has 3 fully saturated rings. The lowest BCUT2D eigenvalue weighted by molar-refractivity contribution is -0.137. The van der Waals surface area contributed by atoms with Crippen molar-refractivity contribution in [1.29, 1.82) is 0 Å². The van der Waals surface area contributed by atoms with E-state index in [2.05, 4.69) is 20.9 Å². The molecule has 220 valence electrons. The van der Waals surface area contributed by atoms with E-state index in [1.54, 1.807) is 6.20 Å².